The van der Waals surface area contributed by atoms with Gasteiger partial charge in [-0.1, -0.05) is 36.4 Å². The molecule has 0 unspecified atom stereocenters. The van der Waals surface area contributed by atoms with Crippen LogP contribution in [0.1, 0.15) is 30.1 Å². The van der Waals surface area contributed by atoms with Crippen LogP contribution in [0, 0.1) is 10.1 Å². The van der Waals surface area contributed by atoms with Crippen LogP contribution in [0.25, 0.3) is 0 Å². The summed E-state index contributed by atoms with van der Waals surface area (Å²) in [5, 5.41) is 13.2. The second-order valence-corrected chi connectivity index (χ2v) is 5.72. The number of nitro benzene ring substituents is 1. The summed E-state index contributed by atoms with van der Waals surface area (Å²) in [6.45, 7) is 1.38. The zero-order valence-corrected chi connectivity index (χ0v) is 14.6. The lowest BCUT2D eigenvalue weighted by atomic mass is 10.1. The molecule has 8 nitrogen and oxygen atoms in total. The smallest absolute Gasteiger partial charge is 0.307 e. The van der Waals surface area contributed by atoms with E-state index in [0.717, 1.165) is 0 Å². The fraction of sp³-hybridized carbons (Fsp3) is 0.211. The lowest BCUT2D eigenvalue weighted by Crippen LogP contribution is -2.30. The van der Waals surface area contributed by atoms with E-state index in [0.29, 0.717) is 5.56 Å². The van der Waals surface area contributed by atoms with Gasteiger partial charge in [-0.25, -0.2) is 0 Å². The molecule has 1 N–H and O–H groups in total. The first-order valence-corrected chi connectivity index (χ1v) is 8.20. The van der Waals surface area contributed by atoms with Gasteiger partial charge in [0.05, 0.1) is 11.3 Å². The van der Waals surface area contributed by atoms with E-state index < -0.39 is 22.9 Å². The van der Waals surface area contributed by atoms with Gasteiger partial charge in [-0.3, -0.25) is 24.5 Å². The third-order valence-corrected chi connectivity index (χ3v) is 3.65. The monoisotopic (exact) mass is 370 g/mol. The second-order valence-electron chi connectivity index (χ2n) is 5.72. The molecule has 27 heavy (non-hydrogen) atoms. The molecule has 0 spiro atoms. The van der Waals surface area contributed by atoms with Gasteiger partial charge in [-0.2, -0.15) is 0 Å². The number of carbonyl (C=O) groups is 3. The number of nitro groups is 1. The number of nitrogens with one attached hydrogen (secondary N) is 1. The molecular weight excluding hydrogens is 352 g/mol. The molecule has 0 bridgehead atoms. The minimum absolute atomic E-state index is 0.0257. The molecule has 1 atom stereocenters. The molecule has 0 heterocycles. The highest BCUT2D eigenvalue weighted by molar-refractivity contribution is 5.98. The number of carbonyl (C=O) groups excluding carboxylic acids is 3. The SMILES string of the molecule is C[C@H](OC(=O)CCC(=O)c1ccccc1)C(=O)Nc1cccc([N+](=O)[O-])c1. The van der Waals surface area contributed by atoms with E-state index in [1.54, 1.807) is 30.3 Å². The Morgan fingerprint density at radius 2 is 1.78 bits per heavy atom. The standard InChI is InChI=1S/C19H18N2O6/c1-13(19(24)20-15-8-5-9-16(12-15)21(25)26)27-18(23)11-10-17(22)14-6-3-2-4-7-14/h2-9,12-13H,10-11H2,1H3,(H,20,24)/t13-/m0/s1. The van der Waals surface area contributed by atoms with Crippen molar-refractivity contribution in [2.75, 3.05) is 5.32 Å². The first-order chi connectivity index (χ1) is 12.9. The van der Waals surface area contributed by atoms with Crippen LogP contribution in [0.15, 0.2) is 54.6 Å². The molecule has 0 aliphatic heterocycles. The second kappa shape index (κ2) is 9.23. The van der Waals surface area contributed by atoms with Crippen LogP contribution < -0.4 is 5.32 Å². The van der Waals surface area contributed by atoms with Crippen LogP contribution in [0.5, 0.6) is 0 Å². The summed E-state index contributed by atoms with van der Waals surface area (Å²) in [5.74, 6) is -1.50. The van der Waals surface area contributed by atoms with Crippen molar-refractivity contribution in [3.8, 4) is 0 Å². The molecule has 2 aromatic carbocycles. The molecule has 0 aliphatic rings. The van der Waals surface area contributed by atoms with Gasteiger partial charge >= 0.3 is 5.97 Å². The Kier molecular flexibility index (Phi) is 6.76. The molecule has 1 amide bonds. The summed E-state index contributed by atoms with van der Waals surface area (Å²) < 4.78 is 5.01. The number of non-ortho nitro benzene ring substituents is 1. The van der Waals surface area contributed by atoms with Crippen LogP contribution in [0.3, 0.4) is 0 Å². The average molecular weight is 370 g/mol. The van der Waals surface area contributed by atoms with E-state index >= 15 is 0 Å². The highest BCUT2D eigenvalue weighted by atomic mass is 16.6. The maximum atomic E-state index is 12.1. The maximum Gasteiger partial charge on any atom is 0.307 e. The Hall–Kier alpha value is -3.55. The molecule has 2 aromatic rings. The number of hydrogen-bond donors (Lipinski definition) is 1. The average Bonchev–Trinajstić information content (AvgIpc) is 2.66. The van der Waals surface area contributed by atoms with Crippen LogP contribution in [-0.2, 0) is 14.3 Å². The Morgan fingerprint density at radius 3 is 2.44 bits per heavy atom. The van der Waals surface area contributed by atoms with Gasteiger partial charge in [0, 0.05) is 29.8 Å². The molecule has 2 rings (SSSR count). The van der Waals surface area contributed by atoms with Crippen molar-refractivity contribution in [1.29, 1.82) is 0 Å². The van der Waals surface area contributed by atoms with Gasteiger partial charge in [0.25, 0.3) is 11.6 Å². The predicted octanol–water partition coefficient (Wildman–Crippen LogP) is 3.13. The van der Waals surface area contributed by atoms with E-state index in [4.69, 9.17) is 4.74 Å². The summed E-state index contributed by atoms with van der Waals surface area (Å²) in [7, 11) is 0. The molecule has 0 radical (unpaired) electrons. The number of hydrogen-bond acceptors (Lipinski definition) is 6. The largest absolute Gasteiger partial charge is 0.453 e. The Morgan fingerprint density at radius 1 is 1.07 bits per heavy atom. The lowest BCUT2D eigenvalue weighted by Gasteiger charge is -2.13. The van der Waals surface area contributed by atoms with E-state index in [-0.39, 0.29) is 30.0 Å². The van der Waals surface area contributed by atoms with Crippen molar-refractivity contribution in [2.45, 2.75) is 25.9 Å². The van der Waals surface area contributed by atoms with Crippen molar-refractivity contribution in [1.82, 2.24) is 0 Å². The zero-order valence-electron chi connectivity index (χ0n) is 14.6. The fourth-order valence-corrected chi connectivity index (χ4v) is 2.23. The van der Waals surface area contributed by atoms with Gasteiger partial charge in [-0.15, -0.1) is 0 Å². The zero-order chi connectivity index (χ0) is 19.8. The number of ether oxygens (including phenoxy) is 1. The van der Waals surface area contributed by atoms with Gasteiger partial charge < -0.3 is 10.1 Å². The number of Topliss-reactive ketones (excluding diaryl/α,β-unsaturated/α-hetero) is 1. The maximum absolute atomic E-state index is 12.1. The molecular formula is C19H18N2O6. The molecule has 0 aromatic heterocycles. The van der Waals surface area contributed by atoms with E-state index in [9.17, 15) is 24.5 Å². The number of esters is 1. The number of nitrogens with zero attached hydrogens (tertiary/aromatic N) is 1. The van der Waals surface area contributed by atoms with Crippen LogP contribution >= 0.6 is 0 Å². The summed E-state index contributed by atoms with van der Waals surface area (Å²) in [6.07, 6.45) is -1.28. The third-order valence-electron chi connectivity index (χ3n) is 3.65. The highest BCUT2D eigenvalue weighted by Gasteiger charge is 2.19. The number of rotatable bonds is 8. The molecule has 0 aliphatic carbocycles. The number of amides is 1. The van der Waals surface area contributed by atoms with E-state index in [1.807, 2.05) is 0 Å². The van der Waals surface area contributed by atoms with Gasteiger partial charge in [0.1, 0.15) is 0 Å². The molecule has 0 fully saturated rings. The highest BCUT2D eigenvalue weighted by Crippen LogP contribution is 2.17. The van der Waals surface area contributed by atoms with E-state index in [2.05, 4.69) is 5.32 Å². The summed E-state index contributed by atoms with van der Waals surface area (Å²) in [4.78, 5) is 46.0. The van der Waals surface area contributed by atoms with Crippen molar-refractivity contribution in [2.24, 2.45) is 0 Å². The Balaban J connectivity index is 1.83. The first kappa shape index (κ1) is 19.8. The summed E-state index contributed by atoms with van der Waals surface area (Å²) in [5.41, 5.74) is 0.551. The van der Waals surface area contributed by atoms with Crippen molar-refractivity contribution < 1.29 is 24.0 Å². The van der Waals surface area contributed by atoms with Crippen LogP contribution in [-0.4, -0.2) is 28.7 Å². The van der Waals surface area contributed by atoms with Crippen molar-refractivity contribution in [3.05, 3.63) is 70.3 Å². The summed E-state index contributed by atoms with van der Waals surface area (Å²) in [6, 6.07) is 14.0. The normalized spacial score (nSPS) is 11.3. The number of ketones is 1. The number of anilines is 1. The minimum atomic E-state index is -1.11. The first-order valence-electron chi connectivity index (χ1n) is 8.20. The van der Waals surface area contributed by atoms with Gasteiger partial charge in [0.15, 0.2) is 11.9 Å². The van der Waals surface area contributed by atoms with Gasteiger partial charge in [-0.05, 0) is 13.0 Å². The lowest BCUT2D eigenvalue weighted by molar-refractivity contribution is -0.384. The van der Waals surface area contributed by atoms with Crippen LogP contribution in [0.2, 0.25) is 0 Å². The predicted molar refractivity (Wildman–Crippen MR) is 97.3 cm³/mol. The van der Waals surface area contributed by atoms with Crippen LogP contribution in [0.4, 0.5) is 11.4 Å². The Labute approximate surface area is 155 Å². The molecule has 0 saturated heterocycles. The van der Waals surface area contributed by atoms with Gasteiger partial charge in [0.2, 0.25) is 0 Å². The minimum Gasteiger partial charge on any atom is -0.453 e. The molecule has 0 saturated carbocycles. The number of benzene rings is 2. The quantitative estimate of drug-likeness (QED) is 0.330. The van der Waals surface area contributed by atoms with E-state index in [1.165, 1.54) is 31.2 Å². The summed E-state index contributed by atoms with van der Waals surface area (Å²) >= 11 is 0. The molecule has 8 heteroatoms. The van der Waals surface area contributed by atoms with Crippen molar-refractivity contribution >= 4 is 29.0 Å². The molecule has 140 valence electrons. The van der Waals surface area contributed by atoms with Crippen molar-refractivity contribution in [3.63, 3.8) is 0 Å². The fourth-order valence-electron chi connectivity index (χ4n) is 2.23. The Bertz CT molecular complexity index is 850. The topological polar surface area (TPSA) is 116 Å². The third kappa shape index (κ3) is 6.03.